The zero-order valence-electron chi connectivity index (χ0n) is 14.0. The molecule has 0 fully saturated rings. The van der Waals surface area contributed by atoms with Crippen molar-refractivity contribution in [3.05, 3.63) is 46.9 Å². The summed E-state index contributed by atoms with van der Waals surface area (Å²) in [6.07, 6.45) is -3.37. The van der Waals surface area contributed by atoms with Crippen LogP contribution in [0.4, 0.5) is 19.0 Å². The largest absolute Gasteiger partial charge is 0.486 e. The van der Waals surface area contributed by atoms with Crippen molar-refractivity contribution in [1.29, 1.82) is 0 Å². The Balaban J connectivity index is 1.95. The second-order valence-electron chi connectivity index (χ2n) is 5.13. The maximum Gasteiger partial charge on any atom is 0.416 e. The summed E-state index contributed by atoms with van der Waals surface area (Å²) in [4.78, 5) is 7.59. The molecule has 12 heteroatoms. The topological polar surface area (TPSA) is 90.4 Å². The summed E-state index contributed by atoms with van der Waals surface area (Å²) in [6, 6.07) is 4.41. The van der Waals surface area contributed by atoms with Gasteiger partial charge >= 0.3 is 6.18 Å². The van der Waals surface area contributed by atoms with E-state index in [9.17, 15) is 21.6 Å². The maximum absolute atomic E-state index is 12.9. The summed E-state index contributed by atoms with van der Waals surface area (Å²) in [5.41, 5.74) is -1.42. The number of nitrogens with zero attached hydrogens (tertiary/aromatic N) is 2. The third-order valence-electron chi connectivity index (χ3n) is 3.22. The molecule has 0 saturated heterocycles. The van der Waals surface area contributed by atoms with E-state index in [1.807, 2.05) is 0 Å². The third-order valence-corrected chi connectivity index (χ3v) is 4.59. The van der Waals surface area contributed by atoms with Gasteiger partial charge < -0.3 is 10.1 Å². The van der Waals surface area contributed by atoms with Crippen molar-refractivity contribution >= 4 is 27.5 Å². The van der Waals surface area contributed by atoms with Crippen LogP contribution in [0, 0.1) is 0 Å². The van der Waals surface area contributed by atoms with E-state index in [0.717, 1.165) is 12.1 Å². The molecule has 0 radical (unpaired) electrons. The Kier molecular flexibility index (Phi) is 6.84. The minimum atomic E-state index is -4.66. The zero-order chi connectivity index (χ0) is 20.1. The van der Waals surface area contributed by atoms with E-state index in [1.165, 1.54) is 18.3 Å². The highest BCUT2D eigenvalue weighted by Crippen LogP contribution is 2.32. The fraction of sp³-hybridized carbons (Fsp3) is 0.333. The zero-order valence-corrected chi connectivity index (χ0v) is 15.5. The number of hydrogen-bond donors (Lipinski definition) is 1. The fourth-order valence-corrected chi connectivity index (χ4v) is 3.27. The van der Waals surface area contributed by atoms with Crippen molar-refractivity contribution in [2.75, 3.05) is 25.6 Å². The Morgan fingerprint density at radius 2 is 1.93 bits per heavy atom. The highest BCUT2D eigenvalue weighted by Gasteiger charge is 2.34. The van der Waals surface area contributed by atoms with Gasteiger partial charge in [-0.2, -0.15) is 26.6 Å². The van der Waals surface area contributed by atoms with Crippen molar-refractivity contribution in [1.82, 2.24) is 9.97 Å². The van der Waals surface area contributed by atoms with Gasteiger partial charge in [0.1, 0.15) is 19.0 Å². The predicted molar refractivity (Wildman–Crippen MR) is 92.1 cm³/mol. The first-order valence-electron chi connectivity index (χ1n) is 7.47. The van der Waals surface area contributed by atoms with E-state index in [0.29, 0.717) is 0 Å². The van der Waals surface area contributed by atoms with Gasteiger partial charge in [-0.1, -0.05) is 18.2 Å². The van der Waals surface area contributed by atoms with Gasteiger partial charge in [-0.05, 0) is 23.2 Å². The molecular formula is C15H15ClF3N3O4S. The molecular weight excluding hydrogens is 411 g/mol. The molecule has 1 heterocycles. The summed E-state index contributed by atoms with van der Waals surface area (Å²) in [5.74, 6) is -0.406. The Morgan fingerprint density at radius 3 is 2.59 bits per heavy atom. The number of aromatic nitrogens is 2. The van der Waals surface area contributed by atoms with E-state index in [-0.39, 0.29) is 23.5 Å². The van der Waals surface area contributed by atoms with Crippen LogP contribution >= 0.6 is 11.6 Å². The number of rotatable bonds is 8. The van der Waals surface area contributed by atoms with Gasteiger partial charge in [-0.3, -0.25) is 4.18 Å². The van der Waals surface area contributed by atoms with Crippen LogP contribution in [0.15, 0.2) is 30.5 Å². The standard InChI is InChI=1S/C15H15ClF3N3O4S/c1-20-13-12(8-21-14(16)22-13)25-6-7-26-27(23,24)9-10-4-2-3-5-11(10)15(17,18)19/h2-5,8H,6-7,9H2,1H3,(H,20,21,22). The molecule has 2 aromatic rings. The highest BCUT2D eigenvalue weighted by atomic mass is 35.5. The smallest absolute Gasteiger partial charge is 0.416 e. The molecule has 7 nitrogen and oxygen atoms in total. The summed E-state index contributed by atoms with van der Waals surface area (Å²) >= 11 is 5.64. The highest BCUT2D eigenvalue weighted by molar-refractivity contribution is 7.85. The molecule has 0 unspecified atom stereocenters. The van der Waals surface area contributed by atoms with E-state index >= 15 is 0 Å². The molecule has 0 spiro atoms. The van der Waals surface area contributed by atoms with Crippen molar-refractivity contribution in [2.24, 2.45) is 0 Å². The van der Waals surface area contributed by atoms with E-state index in [1.54, 1.807) is 7.05 Å². The second kappa shape index (κ2) is 8.72. The van der Waals surface area contributed by atoms with E-state index in [4.69, 9.17) is 20.5 Å². The van der Waals surface area contributed by atoms with Crippen LogP contribution in [-0.4, -0.2) is 38.6 Å². The minimum Gasteiger partial charge on any atom is -0.486 e. The van der Waals surface area contributed by atoms with Gasteiger partial charge in [-0.25, -0.2) is 4.98 Å². The quantitative estimate of drug-likeness (QED) is 0.395. The minimum absolute atomic E-state index is 0.00569. The van der Waals surface area contributed by atoms with Gasteiger partial charge in [0.15, 0.2) is 11.6 Å². The SMILES string of the molecule is CNc1nc(Cl)ncc1OCCOS(=O)(=O)Cc1ccccc1C(F)(F)F. The number of ether oxygens (including phenoxy) is 1. The molecule has 0 aliphatic carbocycles. The van der Waals surface area contributed by atoms with Crippen LogP contribution < -0.4 is 10.1 Å². The summed E-state index contributed by atoms with van der Waals surface area (Å²) < 4.78 is 72.7. The van der Waals surface area contributed by atoms with E-state index < -0.39 is 39.8 Å². The molecule has 0 amide bonds. The Bertz CT molecular complexity index is 894. The van der Waals surface area contributed by atoms with Crippen molar-refractivity contribution in [3.63, 3.8) is 0 Å². The molecule has 1 aromatic carbocycles. The number of hydrogen-bond acceptors (Lipinski definition) is 7. The number of alkyl halides is 3. The lowest BCUT2D eigenvalue weighted by atomic mass is 10.1. The van der Waals surface area contributed by atoms with Crippen LogP contribution in [0.2, 0.25) is 5.28 Å². The first kappa shape index (κ1) is 21.2. The second-order valence-corrected chi connectivity index (χ2v) is 7.11. The summed E-state index contributed by atoms with van der Waals surface area (Å²) in [6.45, 7) is -0.595. The first-order chi connectivity index (χ1) is 12.6. The fourth-order valence-electron chi connectivity index (χ4n) is 2.10. The van der Waals surface area contributed by atoms with E-state index in [2.05, 4.69) is 15.3 Å². The molecule has 0 atom stereocenters. The number of nitrogens with one attached hydrogen (secondary N) is 1. The maximum atomic E-state index is 12.9. The lowest BCUT2D eigenvalue weighted by molar-refractivity contribution is -0.138. The van der Waals surface area contributed by atoms with Crippen molar-refractivity contribution in [2.45, 2.75) is 11.9 Å². The van der Waals surface area contributed by atoms with Gasteiger partial charge in [0.2, 0.25) is 5.28 Å². The lowest BCUT2D eigenvalue weighted by Crippen LogP contribution is -2.17. The van der Waals surface area contributed by atoms with Crippen LogP contribution in [0.3, 0.4) is 0 Å². The van der Waals surface area contributed by atoms with Crippen LogP contribution in [-0.2, 0) is 26.2 Å². The molecule has 0 bridgehead atoms. The normalized spacial score (nSPS) is 12.0. The molecule has 2 rings (SSSR count). The first-order valence-corrected chi connectivity index (χ1v) is 9.43. The molecule has 27 heavy (non-hydrogen) atoms. The van der Waals surface area contributed by atoms with Gasteiger partial charge in [0.25, 0.3) is 10.1 Å². The Labute approximate surface area is 158 Å². The summed E-state index contributed by atoms with van der Waals surface area (Å²) in [5, 5.41) is 2.71. The molecule has 0 aliphatic heterocycles. The van der Waals surface area contributed by atoms with Crippen LogP contribution in [0.1, 0.15) is 11.1 Å². The monoisotopic (exact) mass is 425 g/mol. The molecule has 148 valence electrons. The number of halogens is 4. The van der Waals surface area contributed by atoms with Crippen molar-refractivity contribution < 1.29 is 30.5 Å². The predicted octanol–water partition coefficient (Wildman–Crippen LogP) is 3.12. The molecule has 0 aliphatic rings. The third kappa shape index (κ3) is 6.22. The van der Waals surface area contributed by atoms with Crippen LogP contribution in [0.25, 0.3) is 0 Å². The van der Waals surface area contributed by atoms with Crippen LogP contribution in [0.5, 0.6) is 5.75 Å². The summed E-state index contributed by atoms with van der Waals surface area (Å²) in [7, 11) is -2.67. The van der Waals surface area contributed by atoms with Gasteiger partial charge in [0, 0.05) is 7.05 Å². The molecule has 0 saturated carbocycles. The van der Waals surface area contributed by atoms with Crippen molar-refractivity contribution in [3.8, 4) is 5.75 Å². The number of benzene rings is 1. The Hall–Kier alpha value is -2.11. The number of anilines is 1. The average molecular weight is 426 g/mol. The average Bonchev–Trinajstić information content (AvgIpc) is 2.58. The lowest BCUT2D eigenvalue weighted by Gasteiger charge is -2.13. The Morgan fingerprint density at radius 1 is 1.22 bits per heavy atom. The van der Waals surface area contributed by atoms with Gasteiger partial charge in [0.05, 0.1) is 11.8 Å². The molecule has 1 aromatic heterocycles. The van der Waals surface area contributed by atoms with Gasteiger partial charge in [-0.15, -0.1) is 0 Å². The molecule has 1 N–H and O–H groups in total.